The van der Waals surface area contributed by atoms with Crippen molar-refractivity contribution >= 4 is 11.9 Å². The van der Waals surface area contributed by atoms with Crippen LogP contribution in [-0.4, -0.2) is 60.1 Å². The van der Waals surface area contributed by atoms with Crippen LogP contribution in [0.4, 0.5) is 4.39 Å². The van der Waals surface area contributed by atoms with Gasteiger partial charge in [-0.25, -0.2) is 9.18 Å². The maximum Gasteiger partial charge on any atom is 0.341 e. The van der Waals surface area contributed by atoms with Crippen molar-refractivity contribution in [2.75, 3.05) is 26.3 Å². The van der Waals surface area contributed by atoms with Crippen molar-refractivity contribution in [1.29, 1.82) is 0 Å². The Morgan fingerprint density at radius 2 is 1.76 bits per heavy atom. The lowest BCUT2D eigenvalue weighted by Crippen LogP contribution is -2.58. The molecule has 0 spiro atoms. The standard InChI is InChI=1S/C26H33FN2O4/c1-4-5-14-32-26(31)23-8-6-7-9-24(23)33-18-25(30)29-16-19(2)28(15-20(29)3)17-21-10-12-22(27)13-11-21/h6-13,19-20H,4-5,14-18H2,1-3H3. The fraction of sp³-hybridized carbons (Fsp3) is 0.462. The largest absolute Gasteiger partial charge is 0.483 e. The summed E-state index contributed by atoms with van der Waals surface area (Å²) in [6, 6.07) is 13.5. The van der Waals surface area contributed by atoms with E-state index in [0.717, 1.165) is 18.4 Å². The molecule has 0 bridgehead atoms. The first-order chi connectivity index (χ1) is 15.9. The van der Waals surface area contributed by atoms with Crippen LogP contribution in [0.2, 0.25) is 0 Å². The number of rotatable bonds is 9. The summed E-state index contributed by atoms with van der Waals surface area (Å²) in [5.41, 5.74) is 1.37. The van der Waals surface area contributed by atoms with Crippen molar-refractivity contribution < 1.29 is 23.5 Å². The number of carbonyl (C=O) groups is 2. The van der Waals surface area contributed by atoms with Crippen molar-refractivity contribution in [2.45, 2.75) is 52.2 Å². The second-order valence-corrected chi connectivity index (χ2v) is 8.57. The van der Waals surface area contributed by atoms with Crippen LogP contribution in [-0.2, 0) is 16.1 Å². The van der Waals surface area contributed by atoms with E-state index in [-0.39, 0.29) is 30.4 Å². The Morgan fingerprint density at radius 3 is 2.48 bits per heavy atom. The second-order valence-electron chi connectivity index (χ2n) is 8.57. The molecule has 2 aromatic rings. The smallest absolute Gasteiger partial charge is 0.341 e. The van der Waals surface area contributed by atoms with Gasteiger partial charge in [-0.2, -0.15) is 0 Å². The number of carbonyl (C=O) groups excluding carboxylic acids is 2. The lowest BCUT2D eigenvalue weighted by molar-refractivity contribution is -0.139. The Morgan fingerprint density at radius 1 is 1.03 bits per heavy atom. The first-order valence-electron chi connectivity index (χ1n) is 11.6. The molecule has 1 aliphatic heterocycles. The highest BCUT2D eigenvalue weighted by atomic mass is 19.1. The summed E-state index contributed by atoms with van der Waals surface area (Å²) in [6.45, 7) is 8.34. The predicted molar refractivity (Wildman–Crippen MR) is 125 cm³/mol. The molecule has 2 unspecified atom stereocenters. The van der Waals surface area contributed by atoms with E-state index in [4.69, 9.17) is 9.47 Å². The van der Waals surface area contributed by atoms with Crippen molar-refractivity contribution in [1.82, 2.24) is 9.80 Å². The maximum absolute atomic E-state index is 13.2. The van der Waals surface area contributed by atoms with E-state index in [1.165, 1.54) is 12.1 Å². The molecule has 0 saturated carbocycles. The van der Waals surface area contributed by atoms with Crippen LogP contribution in [0.3, 0.4) is 0 Å². The molecule has 6 nitrogen and oxygen atoms in total. The van der Waals surface area contributed by atoms with Crippen LogP contribution in [0.25, 0.3) is 0 Å². The molecule has 0 aromatic heterocycles. The minimum absolute atomic E-state index is 0.00648. The van der Waals surface area contributed by atoms with Gasteiger partial charge in [0, 0.05) is 31.7 Å². The molecule has 7 heteroatoms. The molecule has 1 saturated heterocycles. The van der Waals surface area contributed by atoms with Gasteiger partial charge in [-0.3, -0.25) is 9.69 Å². The number of nitrogens with zero attached hydrogens (tertiary/aromatic N) is 2. The summed E-state index contributed by atoms with van der Waals surface area (Å²) in [5, 5.41) is 0. The topological polar surface area (TPSA) is 59.1 Å². The number of piperazine rings is 1. The Kier molecular flexibility index (Phi) is 8.83. The van der Waals surface area contributed by atoms with Gasteiger partial charge >= 0.3 is 5.97 Å². The van der Waals surface area contributed by atoms with E-state index in [9.17, 15) is 14.0 Å². The minimum Gasteiger partial charge on any atom is -0.483 e. The first kappa shape index (κ1) is 24.7. The minimum atomic E-state index is -0.442. The maximum atomic E-state index is 13.2. The van der Waals surface area contributed by atoms with Gasteiger partial charge in [0.05, 0.1) is 6.61 Å². The average molecular weight is 457 g/mol. The van der Waals surface area contributed by atoms with Crippen molar-refractivity contribution in [3.63, 3.8) is 0 Å². The quantitative estimate of drug-likeness (QED) is 0.416. The van der Waals surface area contributed by atoms with Gasteiger partial charge in [0.2, 0.25) is 0 Å². The van der Waals surface area contributed by atoms with E-state index in [1.54, 1.807) is 36.4 Å². The van der Waals surface area contributed by atoms with Gasteiger partial charge in [-0.05, 0) is 50.1 Å². The fourth-order valence-electron chi connectivity index (χ4n) is 3.96. The van der Waals surface area contributed by atoms with Crippen molar-refractivity contribution in [3.05, 3.63) is 65.5 Å². The number of amides is 1. The highest BCUT2D eigenvalue weighted by Gasteiger charge is 2.32. The van der Waals surface area contributed by atoms with Crippen LogP contribution in [0.1, 0.15) is 49.5 Å². The molecule has 1 heterocycles. The molecule has 2 aromatic carbocycles. The zero-order valence-electron chi connectivity index (χ0n) is 19.6. The van der Waals surface area contributed by atoms with Gasteiger partial charge in [-0.1, -0.05) is 37.6 Å². The van der Waals surface area contributed by atoms with E-state index < -0.39 is 5.97 Å². The zero-order chi connectivity index (χ0) is 23.8. The van der Waals surface area contributed by atoms with Gasteiger partial charge in [-0.15, -0.1) is 0 Å². The van der Waals surface area contributed by atoms with Crippen LogP contribution < -0.4 is 4.74 Å². The molecule has 1 aliphatic rings. The molecule has 0 radical (unpaired) electrons. The Labute approximate surface area is 195 Å². The predicted octanol–water partition coefficient (Wildman–Crippen LogP) is 4.28. The summed E-state index contributed by atoms with van der Waals surface area (Å²) in [6.07, 6.45) is 1.74. The molecule has 1 amide bonds. The van der Waals surface area contributed by atoms with Gasteiger partial charge < -0.3 is 14.4 Å². The summed E-state index contributed by atoms with van der Waals surface area (Å²) in [5.74, 6) is -0.456. The van der Waals surface area contributed by atoms with E-state index >= 15 is 0 Å². The SMILES string of the molecule is CCCCOC(=O)c1ccccc1OCC(=O)N1CC(C)N(Cc2ccc(F)cc2)CC1C. The number of hydrogen-bond donors (Lipinski definition) is 0. The van der Waals surface area contributed by atoms with E-state index in [1.807, 2.05) is 18.7 Å². The number of benzene rings is 2. The second kappa shape index (κ2) is 11.8. The highest BCUT2D eigenvalue weighted by molar-refractivity contribution is 5.92. The molecular formula is C26H33FN2O4. The van der Waals surface area contributed by atoms with Crippen LogP contribution in [0.15, 0.2) is 48.5 Å². The van der Waals surface area contributed by atoms with Crippen molar-refractivity contribution in [2.24, 2.45) is 0 Å². The summed E-state index contributed by atoms with van der Waals surface area (Å²) < 4.78 is 24.2. The number of halogens is 1. The summed E-state index contributed by atoms with van der Waals surface area (Å²) in [4.78, 5) is 29.4. The molecule has 33 heavy (non-hydrogen) atoms. The third-order valence-corrected chi connectivity index (χ3v) is 5.92. The number of unbranched alkanes of at least 4 members (excludes halogenated alkanes) is 1. The van der Waals surface area contributed by atoms with Crippen LogP contribution in [0, 0.1) is 5.82 Å². The molecule has 3 rings (SSSR count). The Hall–Kier alpha value is -2.93. The molecule has 178 valence electrons. The van der Waals surface area contributed by atoms with Gasteiger partial charge in [0.15, 0.2) is 6.61 Å². The summed E-state index contributed by atoms with van der Waals surface area (Å²) in [7, 11) is 0. The highest BCUT2D eigenvalue weighted by Crippen LogP contribution is 2.21. The number of ether oxygens (including phenoxy) is 2. The Balaban J connectivity index is 1.56. The lowest BCUT2D eigenvalue weighted by atomic mass is 10.1. The third kappa shape index (κ3) is 6.78. The number of hydrogen-bond acceptors (Lipinski definition) is 5. The lowest BCUT2D eigenvalue weighted by Gasteiger charge is -2.44. The molecular weight excluding hydrogens is 423 g/mol. The molecule has 2 atom stereocenters. The molecule has 0 aliphatic carbocycles. The number of para-hydroxylation sites is 1. The molecule has 1 fully saturated rings. The van der Waals surface area contributed by atoms with Crippen LogP contribution in [0.5, 0.6) is 5.75 Å². The van der Waals surface area contributed by atoms with Gasteiger partial charge in [0.25, 0.3) is 5.91 Å². The summed E-state index contributed by atoms with van der Waals surface area (Å²) >= 11 is 0. The third-order valence-electron chi connectivity index (χ3n) is 5.92. The fourth-order valence-corrected chi connectivity index (χ4v) is 3.96. The Bertz CT molecular complexity index is 934. The normalized spacial score (nSPS) is 18.7. The monoisotopic (exact) mass is 456 g/mol. The number of esters is 1. The van der Waals surface area contributed by atoms with Crippen LogP contribution >= 0.6 is 0 Å². The zero-order valence-corrected chi connectivity index (χ0v) is 19.6. The van der Waals surface area contributed by atoms with Gasteiger partial charge in [0.1, 0.15) is 17.1 Å². The van der Waals surface area contributed by atoms with Crippen molar-refractivity contribution in [3.8, 4) is 5.75 Å². The van der Waals surface area contributed by atoms with E-state index in [0.29, 0.717) is 37.6 Å². The first-order valence-corrected chi connectivity index (χ1v) is 11.6. The van der Waals surface area contributed by atoms with E-state index in [2.05, 4.69) is 11.8 Å². The average Bonchev–Trinajstić information content (AvgIpc) is 2.81. The molecule has 0 N–H and O–H groups in total.